The Balaban J connectivity index is 2.81. The molecule has 1 aliphatic rings. The number of carbonyl (C=O) groups excluding carboxylic acids is 1. The molecule has 3 atom stereocenters. The molecule has 1 rings (SSSR count). The summed E-state index contributed by atoms with van der Waals surface area (Å²) in [5.41, 5.74) is 0. The van der Waals surface area contributed by atoms with E-state index < -0.39 is 17.8 Å². The molecule has 0 aromatic heterocycles. The summed E-state index contributed by atoms with van der Waals surface area (Å²) in [5, 5.41) is 18.2. The van der Waals surface area contributed by atoms with Crippen LogP contribution in [0.25, 0.3) is 0 Å². The van der Waals surface area contributed by atoms with E-state index in [1.54, 1.807) is 6.08 Å². The van der Waals surface area contributed by atoms with Crippen molar-refractivity contribution in [3.05, 3.63) is 12.7 Å². The summed E-state index contributed by atoms with van der Waals surface area (Å²) in [7, 11) is 0. The van der Waals surface area contributed by atoms with E-state index in [1.807, 2.05) is 6.92 Å². The van der Waals surface area contributed by atoms with E-state index in [-0.39, 0.29) is 19.1 Å². The van der Waals surface area contributed by atoms with Gasteiger partial charge in [-0.15, -0.1) is 6.58 Å². The van der Waals surface area contributed by atoms with E-state index >= 15 is 0 Å². The monoisotopic (exact) mass is 269 g/mol. The molecule has 0 aromatic rings. The summed E-state index contributed by atoms with van der Waals surface area (Å²) in [6.07, 6.45) is 3.69. The Kier molecular flexibility index (Phi) is 6.02. The maximum absolute atomic E-state index is 12.4. The second-order valence-corrected chi connectivity index (χ2v) is 5.09. The van der Waals surface area contributed by atoms with Crippen molar-refractivity contribution in [3.8, 4) is 0 Å². The van der Waals surface area contributed by atoms with Gasteiger partial charge in [0.05, 0.1) is 18.4 Å². The number of hydrogen-bond acceptors (Lipinski definition) is 3. The molecule has 19 heavy (non-hydrogen) atoms. The highest BCUT2D eigenvalue weighted by Crippen LogP contribution is 2.39. The molecule has 2 N–H and O–H groups in total. The molecule has 0 aromatic carbocycles. The summed E-state index contributed by atoms with van der Waals surface area (Å²) in [6, 6.07) is 0. The van der Waals surface area contributed by atoms with Crippen LogP contribution >= 0.6 is 0 Å². The van der Waals surface area contributed by atoms with E-state index in [0.29, 0.717) is 25.3 Å². The minimum atomic E-state index is -0.892. The lowest BCUT2D eigenvalue weighted by molar-refractivity contribution is -0.149. The Hall–Kier alpha value is -1.36. The van der Waals surface area contributed by atoms with Crippen LogP contribution in [0.5, 0.6) is 0 Å². The minimum absolute atomic E-state index is 0.124. The topological polar surface area (TPSA) is 77.8 Å². The maximum atomic E-state index is 12.4. The van der Waals surface area contributed by atoms with E-state index in [1.165, 1.54) is 4.90 Å². The molecule has 5 heteroatoms. The lowest BCUT2D eigenvalue weighted by Crippen LogP contribution is -2.40. The highest BCUT2D eigenvalue weighted by atomic mass is 16.4. The Morgan fingerprint density at radius 1 is 1.37 bits per heavy atom. The van der Waals surface area contributed by atoms with Crippen molar-refractivity contribution in [2.45, 2.75) is 26.2 Å². The summed E-state index contributed by atoms with van der Waals surface area (Å²) in [6.45, 7) is 6.05. The fourth-order valence-electron chi connectivity index (χ4n) is 2.82. The second kappa shape index (κ2) is 7.28. The number of carboxylic acid groups (broad SMARTS) is 1. The smallest absolute Gasteiger partial charge is 0.307 e. The molecule has 0 radical (unpaired) electrons. The first-order valence-electron chi connectivity index (χ1n) is 6.78. The van der Waals surface area contributed by atoms with Crippen LogP contribution in [0.1, 0.15) is 26.2 Å². The van der Waals surface area contributed by atoms with E-state index in [0.717, 1.165) is 6.42 Å². The van der Waals surface area contributed by atoms with Crippen molar-refractivity contribution in [1.29, 1.82) is 0 Å². The summed E-state index contributed by atoms with van der Waals surface area (Å²) in [4.78, 5) is 25.2. The predicted molar refractivity (Wildman–Crippen MR) is 71.5 cm³/mol. The van der Waals surface area contributed by atoms with Gasteiger partial charge in [0.1, 0.15) is 0 Å². The third-order valence-electron chi connectivity index (χ3n) is 3.90. The molecular weight excluding hydrogens is 246 g/mol. The zero-order valence-electron chi connectivity index (χ0n) is 11.4. The Morgan fingerprint density at radius 3 is 2.47 bits per heavy atom. The van der Waals surface area contributed by atoms with Crippen molar-refractivity contribution in [3.63, 3.8) is 0 Å². The highest BCUT2D eigenvalue weighted by molar-refractivity contribution is 5.85. The van der Waals surface area contributed by atoms with Crippen LogP contribution in [0, 0.1) is 17.8 Å². The standard InChI is InChI=1S/C14H23NO4/c1-3-5-15(6-7-16)13(17)11-8-10(4-2)9-12(11)14(18)19/h3,10-12,16H,1,4-9H2,2H3,(H,18,19). The average Bonchev–Trinajstić information content (AvgIpc) is 2.82. The van der Waals surface area contributed by atoms with Crippen LogP contribution in [0.15, 0.2) is 12.7 Å². The number of rotatable bonds is 7. The SMILES string of the molecule is C=CCN(CCO)C(=O)C1CC(CC)CC1C(=O)O. The van der Waals surface area contributed by atoms with Gasteiger partial charge in [-0.2, -0.15) is 0 Å². The van der Waals surface area contributed by atoms with Gasteiger partial charge < -0.3 is 15.1 Å². The first-order valence-corrected chi connectivity index (χ1v) is 6.78. The number of carboxylic acids is 1. The Bertz CT molecular complexity index is 342. The van der Waals surface area contributed by atoms with Crippen LogP contribution in [0.3, 0.4) is 0 Å². The molecule has 1 saturated carbocycles. The van der Waals surface area contributed by atoms with Gasteiger partial charge in [-0.05, 0) is 18.8 Å². The van der Waals surface area contributed by atoms with Crippen molar-refractivity contribution < 1.29 is 19.8 Å². The van der Waals surface area contributed by atoms with Crippen molar-refractivity contribution in [2.75, 3.05) is 19.7 Å². The highest BCUT2D eigenvalue weighted by Gasteiger charge is 2.43. The van der Waals surface area contributed by atoms with Gasteiger partial charge in [0.2, 0.25) is 5.91 Å². The molecule has 0 aliphatic heterocycles. The molecule has 0 spiro atoms. The van der Waals surface area contributed by atoms with Gasteiger partial charge in [-0.1, -0.05) is 19.4 Å². The Morgan fingerprint density at radius 2 is 2.00 bits per heavy atom. The molecule has 1 amide bonds. The normalized spacial score (nSPS) is 26.1. The van der Waals surface area contributed by atoms with Gasteiger partial charge in [-0.3, -0.25) is 9.59 Å². The number of aliphatic hydroxyl groups is 1. The first-order chi connectivity index (χ1) is 9.04. The molecular formula is C14H23NO4. The van der Waals surface area contributed by atoms with Crippen molar-refractivity contribution in [1.82, 2.24) is 4.90 Å². The zero-order valence-corrected chi connectivity index (χ0v) is 11.4. The van der Waals surface area contributed by atoms with Crippen molar-refractivity contribution in [2.24, 2.45) is 17.8 Å². The van der Waals surface area contributed by atoms with Gasteiger partial charge in [0.15, 0.2) is 0 Å². The lowest BCUT2D eigenvalue weighted by Gasteiger charge is -2.25. The first kappa shape index (κ1) is 15.7. The van der Waals surface area contributed by atoms with Crippen LogP contribution < -0.4 is 0 Å². The summed E-state index contributed by atoms with van der Waals surface area (Å²) >= 11 is 0. The number of aliphatic hydroxyl groups excluding tert-OH is 1. The fraction of sp³-hybridized carbons (Fsp3) is 0.714. The average molecular weight is 269 g/mol. The molecule has 108 valence electrons. The van der Waals surface area contributed by atoms with Crippen LogP contribution in [0.4, 0.5) is 0 Å². The zero-order chi connectivity index (χ0) is 14.4. The molecule has 0 bridgehead atoms. The summed E-state index contributed by atoms with van der Waals surface area (Å²) in [5.74, 6) is -1.82. The van der Waals surface area contributed by atoms with Gasteiger partial charge in [0.25, 0.3) is 0 Å². The van der Waals surface area contributed by atoms with Crippen LogP contribution in [-0.2, 0) is 9.59 Å². The fourth-order valence-corrected chi connectivity index (χ4v) is 2.82. The van der Waals surface area contributed by atoms with Crippen molar-refractivity contribution >= 4 is 11.9 Å². The van der Waals surface area contributed by atoms with Crippen LogP contribution in [-0.4, -0.2) is 46.7 Å². The lowest BCUT2D eigenvalue weighted by atomic mass is 9.94. The van der Waals surface area contributed by atoms with Gasteiger partial charge in [0, 0.05) is 13.1 Å². The molecule has 3 unspecified atom stereocenters. The third kappa shape index (κ3) is 3.80. The quantitative estimate of drug-likeness (QED) is 0.679. The van der Waals surface area contributed by atoms with Gasteiger partial charge >= 0.3 is 5.97 Å². The minimum Gasteiger partial charge on any atom is -0.481 e. The summed E-state index contributed by atoms with van der Waals surface area (Å²) < 4.78 is 0. The number of aliphatic carboxylic acids is 1. The van der Waals surface area contributed by atoms with Gasteiger partial charge in [-0.25, -0.2) is 0 Å². The number of nitrogens with zero attached hydrogens (tertiary/aromatic N) is 1. The molecule has 1 aliphatic carbocycles. The van der Waals surface area contributed by atoms with E-state index in [9.17, 15) is 14.7 Å². The number of carbonyl (C=O) groups is 2. The third-order valence-corrected chi connectivity index (χ3v) is 3.90. The molecule has 1 fully saturated rings. The Labute approximate surface area is 113 Å². The molecule has 0 heterocycles. The number of amides is 1. The predicted octanol–water partition coefficient (Wildman–Crippen LogP) is 1.13. The number of hydrogen-bond donors (Lipinski definition) is 2. The van der Waals surface area contributed by atoms with E-state index in [2.05, 4.69) is 6.58 Å². The molecule has 0 saturated heterocycles. The van der Waals surface area contributed by atoms with E-state index in [4.69, 9.17) is 5.11 Å². The molecule has 5 nitrogen and oxygen atoms in total. The van der Waals surface area contributed by atoms with Crippen LogP contribution in [0.2, 0.25) is 0 Å². The largest absolute Gasteiger partial charge is 0.481 e. The maximum Gasteiger partial charge on any atom is 0.307 e. The second-order valence-electron chi connectivity index (χ2n) is 5.09.